The summed E-state index contributed by atoms with van der Waals surface area (Å²) in [4.78, 5) is 21.3. The van der Waals surface area contributed by atoms with Gasteiger partial charge < -0.3 is 10.1 Å². The fourth-order valence-corrected chi connectivity index (χ4v) is 3.24. The Balaban J connectivity index is 1.53. The van der Waals surface area contributed by atoms with Crippen LogP contribution in [0.25, 0.3) is 11.0 Å². The number of rotatable bonds is 4. The zero-order chi connectivity index (χ0) is 18.8. The van der Waals surface area contributed by atoms with Crippen LogP contribution in [0, 0.1) is 12.7 Å². The second-order valence-electron chi connectivity index (χ2n) is 6.77. The second-order valence-corrected chi connectivity index (χ2v) is 6.77. The van der Waals surface area contributed by atoms with E-state index in [0.29, 0.717) is 29.8 Å². The number of carbonyl (C=O) groups is 1. The molecular weight excluding hydrogens is 345 g/mol. The molecule has 1 aromatic heterocycles. The van der Waals surface area contributed by atoms with Crippen LogP contribution < -0.4 is 5.32 Å². The predicted molar refractivity (Wildman–Crippen MR) is 100 cm³/mol. The number of morpholine rings is 1. The number of nitrogens with zero attached hydrogens (tertiary/aromatic N) is 2. The standard InChI is InChI=1S/C21H20FN3O2/c1-13-2-5-17-18(8-13)25-19(11-24-17)20(26)10-14-3-4-15(16(22)9-14)21-12-23-6-7-27-21/h2-5,8-9,11,21,23H,6-7,10,12H2,1H3/t21-/m1/s1. The molecule has 0 aliphatic carbocycles. The zero-order valence-corrected chi connectivity index (χ0v) is 15.0. The highest BCUT2D eigenvalue weighted by molar-refractivity contribution is 5.96. The van der Waals surface area contributed by atoms with Crippen LogP contribution >= 0.6 is 0 Å². The molecule has 1 aliphatic heterocycles. The molecule has 6 heteroatoms. The summed E-state index contributed by atoms with van der Waals surface area (Å²) in [6.45, 7) is 3.88. The van der Waals surface area contributed by atoms with Gasteiger partial charge in [-0.2, -0.15) is 0 Å². The van der Waals surface area contributed by atoms with Crippen LogP contribution in [0.3, 0.4) is 0 Å². The van der Waals surface area contributed by atoms with Gasteiger partial charge in [0.05, 0.1) is 29.9 Å². The summed E-state index contributed by atoms with van der Waals surface area (Å²) >= 11 is 0. The summed E-state index contributed by atoms with van der Waals surface area (Å²) in [5.41, 5.74) is 3.89. The molecule has 2 heterocycles. The highest BCUT2D eigenvalue weighted by Crippen LogP contribution is 2.23. The van der Waals surface area contributed by atoms with E-state index in [-0.39, 0.29) is 29.8 Å². The molecule has 5 nitrogen and oxygen atoms in total. The first-order valence-electron chi connectivity index (χ1n) is 8.97. The third-order valence-electron chi connectivity index (χ3n) is 4.69. The molecule has 0 radical (unpaired) electrons. The van der Waals surface area contributed by atoms with Crippen molar-refractivity contribution in [2.75, 3.05) is 19.7 Å². The van der Waals surface area contributed by atoms with Crippen molar-refractivity contribution < 1.29 is 13.9 Å². The topological polar surface area (TPSA) is 64.1 Å². The number of carbonyl (C=O) groups excluding carboxylic acids is 1. The summed E-state index contributed by atoms with van der Waals surface area (Å²) in [7, 11) is 0. The number of hydrogen-bond donors (Lipinski definition) is 1. The Morgan fingerprint density at radius 2 is 2.15 bits per heavy atom. The highest BCUT2D eigenvalue weighted by atomic mass is 19.1. The van der Waals surface area contributed by atoms with Gasteiger partial charge in [-0.05, 0) is 36.2 Å². The van der Waals surface area contributed by atoms with Gasteiger partial charge in [-0.3, -0.25) is 9.78 Å². The summed E-state index contributed by atoms with van der Waals surface area (Å²) in [5, 5.41) is 3.19. The molecule has 1 atom stereocenters. The van der Waals surface area contributed by atoms with Gasteiger partial charge in [0.1, 0.15) is 11.5 Å². The molecule has 1 N–H and O–H groups in total. The van der Waals surface area contributed by atoms with E-state index in [1.165, 1.54) is 12.3 Å². The summed E-state index contributed by atoms with van der Waals surface area (Å²) < 4.78 is 20.1. The van der Waals surface area contributed by atoms with Crippen LogP contribution in [0.4, 0.5) is 4.39 Å². The molecule has 1 aliphatic rings. The number of aromatic nitrogens is 2. The predicted octanol–water partition coefficient (Wildman–Crippen LogP) is 3.16. The number of ketones is 1. The average molecular weight is 365 g/mol. The minimum Gasteiger partial charge on any atom is -0.371 e. The van der Waals surface area contributed by atoms with Gasteiger partial charge in [-0.25, -0.2) is 9.37 Å². The number of halogens is 1. The van der Waals surface area contributed by atoms with E-state index in [9.17, 15) is 9.18 Å². The lowest BCUT2D eigenvalue weighted by Gasteiger charge is -2.24. The van der Waals surface area contributed by atoms with Gasteiger partial charge in [0, 0.05) is 25.1 Å². The number of Topliss-reactive ketones (excluding diaryl/α,β-unsaturated/α-hetero) is 1. The number of aryl methyl sites for hydroxylation is 1. The molecule has 1 fully saturated rings. The Morgan fingerprint density at radius 3 is 2.93 bits per heavy atom. The van der Waals surface area contributed by atoms with Crippen molar-refractivity contribution in [1.82, 2.24) is 15.3 Å². The summed E-state index contributed by atoms with van der Waals surface area (Å²) in [5.74, 6) is -0.539. The minimum atomic E-state index is -0.353. The van der Waals surface area contributed by atoms with Gasteiger partial charge in [0.15, 0.2) is 5.78 Å². The van der Waals surface area contributed by atoms with Crippen LogP contribution in [0.5, 0.6) is 0 Å². The number of nitrogens with one attached hydrogen (secondary N) is 1. The number of ether oxygens (including phenoxy) is 1. The van der Waals surface area contributed by atoms with E-state index in [1.807, 2.05) is 25.1 Å². The molecule has 1 saturated heterocycles. The van der Waals surface area contributed by atoms with Crippen LogP contribution in [0.1, 0.15) is 33.3 Å². The zero-order valence-electron chi connectivity index (χ0n) is 15.0. The lowest BCUT2D eigenvalue weighted by Crippen LogP contribution is -2.33. The number of benzene rings is 2. The maximum absolute atomic E-state index is 14.5. The van der Waals surface area contributed by atoms with Crippen molar-refractivity contribution in [1.29, 1.82) is 0 Å². The quantitative estimate of drug-likeness (QED) is 0.720. The lowest BCUT2D eigenvalue weighted by atomic mass is 10.0. The first kappa shape index (κ1) is 17.7. The molecule has 3 aromatic rings. The Kier molecular flexibility index (Phi) is 4.92. The molecule has 0 saturated carbocycles. The molecular formula is C21H20FN3O2. The van der Waals surface area contributed by atoms with Gasteiger partial charge in [0.2, 0.25) is 0 Å². The van der Waals surface area contributed by atoms with Crippen LogP contribution in [0.15, 0.2) is 42.6 Å². The van der Waals surface area contributed by atoms with Crippen molar-refractivity contribution >= 4 is 16.8 Å². The molecule has 4 rings (SSSR count). The fraction of sp³-hybridized carbons (Fsp3) is 0.286. The molecule has 0 amide bonds. The van der Waals surface area contributed by atoms with Crippen molar-refractivity contribution in [2.45, 2.75) is 19.4 Å². The maximum atomic E-state index is 14.5. The van der Waals surface area contributed by atoms with Gasteiger partial charge >= 0.3 is 0 Å². The first-order chi connectivity index (χ1) is 13.1. The highest BCUT2D eigenvalue weighted by Gasteiger charge is 2.20. The van der Waals surface area contributed by atoms with Gasteiger partial charge in [-0.1, -0.05) is 18.2 Å². The smallest absolute Gasteiger partial charge is 0.187 e. The molecule has 0 unspecified atom stereocenters. The monoisotopic (exact) mass is 365 g/mol. The van der Waals surface area contributed by atoms with Crippen LogP contribution in [-0.2, 0) is 11.2 Å². The van der Waals surface area contributed by atoms with E-state index in [0.717, 1.165) is 17.6 Å². The van der Waals surface area contributed by atoms with E-state index < -0.39 is 0 Å². The Labute approximate surface area is 156 Å². The first-order valence-corrected chi connectivity index (χ1v) is 8.97. The number of hydrogen-bond acceptors (Lipinski definition) is 5. The molecule has 2 aromatic carbocycles. The second kappa shape index (κ2) is 7.50. The van der Waals surface area contributed by atoms with Crippen molar-refractivity contribution in [3.05, 3.63) is 70.8 Å². The van der Waals surface area contributed by atoms with Crippen molar-refractivity contribution in [2.24, 2.45) is 0 Å². The maximum Gasteiger partial charge on any atom is 0.187 e. The Morgan fingerprint density at radius 1 is 1.26 bits per heavy atom. The van der Waals surface area contributed by atoms with E-state index in [2.05, 4.69) is 15.3 Å². The van der Waals surface area contributed by atoms with E-state index in [4.69, 9.17) is 4.74 Å². The van der Waals surface area contributed by atoms with E-state index >= 15 is 0 Å². The SMILES string of the molecule is Cc1ccc2ncc(C(=O)Cc3ccc([C@H]4CNCCO4)c(F)c3)nc2c1. The molecule has 27 heavy (non-hydrogen) atoms. The van der Waals surface area contributed by atoms with Crippen LogP contribution in [0.2, 0.25) is 0 Å². The van der Waals surface area contributed by atoms with Gasteiger partial charge in [0.25, 0.3) is 0 Å². The molecule has 138 valence electrons. The summed E-state index contributed by atoms with van der Waals surface area (Å²) in [6, 6.07) is 10.6. The average Bonchev–Trinajstić information content (AvgIpc) is 2.68. The Bertz CT molecular complexity index is 1000. The molecule has 0 spiro atoms. The van der Waals surface area contributed by atoms with Crippen molar-refractivity contribution in [3.63, 3.8) is 0 Å². The normalized spacial score (nSPS) is 17.2. The van der Waals surface area contributed by atoms with Gasteiger partial charge in [-0.15, -0.1) is 0 Å². The van der Waals surface area contributed by atoms with E-state index in [1.54, 1.807) is 12.1 Å². The fourth-order valence-electron chi connectivity index (χ4n) is 3.24. The third-order valence-corrected chi connectivity index (χ3v) is 4.69. The van der Waals surface area contributed by atoms with Crippen LogP contribution in [-0.4, -0.2) is 35.4 Å². The van der Waals surface area contributed by atoms with Crippen molar-refractivity contribution in [3.8, 4) is 0 Å². The number of fused-ring (bicyclic) bond motifs is 1. The minimum absolute atomic E-state index is 0.0764. The third kappa shape index (κ3) is 3.86. The summed E-state index contributed by atoms with van der Waals surface area (Å²) in [6.07, 6.45) is 1.26. The Hall–Kier alpha value is -2.70. The lowest BCUT2D eigenvalue weighted by molar-refractivity contribution is 0.0255. The largest absolute Gasteiger partial charge is 0.371 e. The molecule has 0 bridgehead atoms.